The number of ether oxygens (including phenoxy) is 2. The fourth-order valence-electron chi connectivity index (χ4n) is 2.78. The summed E-state index contributed by atoms with van der Waals surface area (Å²) in [5.41, 5.74) is 1.11. The quantitative estimate of drug-likeness (QED) is 0.537. The van der Waals surface area contributed by atoms with Crippen LogP contribution in [0.1, 0.15) is 44.9 Å². The Kier molecular flexibility index (Phi) is 7.93. The molecule has 2 aromatic rings. The largest absolute Gasteiger partial charge is 0.493 e. The number of oxazole rings is 1. The molecule has 7 heteroatoms. The zero-order chi connectivity index (χ0) is 21.4. The lowest BCUT2D eigenvalue weighted by Gasteiger charge is -2.22. The number of aliphatic imine (C=N–C) groups is 1. The van der Waals surface area contributed by atoms with Gasteiger partial charge in [-0.2, -0.15) is 0 Å². The van der Waals surface area contributed by atoms with Crippen LogP contribution in [0.5, 0.6) is 11.5 Å². The van der Waals surface area contributed by atoms with E-state index in [1.165, 1.54) is 5.56 Å². The van der Waals surface area contributed by atoms with Crippen molar-refractivity contribution >= 4 is 5.96 Å². The molecule has 0 aliphatic heterocycles. The van der Waals surface area contributed by atoms with Crippen LogP contribution in [0.4, 0.5) is 0 Å². The summed E-state index contributed by atoms with van der Waals surface area (Å²) in [7, 11) is 5.32. The van der Waals surface area contributed by atoms with Gasteiger partial charge < -0.3 is 24.1 Å². The normalized spacial score (nSPS) is 12.0. The van der Waals surface area contributed by atoms with Crippen molar-refractivity contribution in [3.8, 4) is 11.5 Å². The number of hydrogen-bond acceptors (Lipinski definition) is 5. The van der Waals surface area contributed by atoms with Crippen LogP contribution in [0.2, 0.25) is 0 Å². The highest BCUT2D eigenvalue weighted by Crippen LogP contribution is 2.27. The van der Waals surface area contributed by atoms with E-state index in [0.29, 0.717) is 12.4 Å². The molecular formula is C22H34N4O3. The highest BCUT2D eigenvalue weighted by atomic mass is 16.5. The van der Waals surface area contributed by atoms with Gasteiger partial charge in [-0.15, -0.1) is 0 Å². The number of guanidine groups is 1. The summed E-state index contributed by atoms with van der Waals surface area (Å²) in [6.07, 6.45) is 2.65. The van der Waals surface area contributed by atoms with E-state index < -0.39 is 0 Å². The monoisotopic (exact) mass is 402 g/mol. The smallest absolute Gasteiger partial charge is 0.216 e. The van der Waals surface area contributed by atoms with E-state index >= 15 is 0 Å². The third-order valence-corrected chi connectivity index (χ3v) is 4.54. The van der Waals surface area contributed by atoms with Crippen LogP contribution in [-0.4, -0.2) is 50.2 Å². The van der Waals surface area contributed by atoms with Crippen molar-refractivity contribution in [1.82, 2.24) is 15.2 Å². The van der Waals surface area contributed by atoms with Gasteiger partial charge in [0.05, 0.1) is 20.4 Å². The van der Waals surface area contributed by atoms with Crippen LogP contribution in [-0.2, 0) is 18.4 Å². The Morgan fingerprint density at radius 1 is 1.21 bits per heavy atom. The molecule has 160 valence electrons. The van der Waals surface area contributed by atoms with Crippen LogP contribution >= 0.6 is 0 Å². The summed E-state index contributed by atoms with van der Waals surface area (Å²) in [5.74, 6) is 3.79. The SMILES string of the molecule is CCNC(=NCc1ncc(C(C)(C)C)o1)N(C)CCc1ccc(OC)c(OC)c1. The van der Waals surface area contributed by atoms with E-state index in [9.17, 15) is 0 Å². The molecule has 0 radical (unpaired) electrons. The number of rotatable bonds is 8. The lowest BCUT2D eigenvalue weighted by atomic mass is 9.94. The second-order valence-corrected chi connectivity index (χ2v) is 7.90. The van der Waals surface area contributed by atoms with Crippen LogP contribution in [0.15, 0.2) is 33.8 Å². The molecule has 1 N–H and O–H groups in total. The Morgan fingerprint density at radius 3 is 2.52 bits per heavy atom. The van der Waals surface area contributed by atoms with Crippen molar-refractivity contribution in [1.29, 1.82) is 0 Å². The van der Waals surface area contributed by atoms with Crippen molar-refractivity contribution in [2.24, 2.45) is 4.99 Å². The minimum absolute atomic E-state index is 0.0598. The van der Waals surface area contributed by atoms with Gasteiger partial charge in [0.15, 0.2) is 17.5 Å². The van der Waals surface area contributed by atoms with Crippen LogP contribution < -0.4 is 14.8 Å². The van der Waals surface area contributed by atoms with Gasteiger partial charge in [-0.25, -0.2) is 9.98 Å². The Bertz CT molecular complexity index is 809. The summed E-state index contributed by atoms with van der Waals surface area (Å²) in [4.78, 5) is 11.1. The molecule has 0 bridgehead atoms. The maximum absolute atomic E-state index is 5.84. The Balaban J connectivity index is 2.02. The third kappa shape index (κ3) is 6.41. The van der Waals surface area contributed by atoms with Crippen LogP contribution in [0, 0.1) is 0 Å². The first-order valence-corrected chi connectivity index (χ1v) is 9.94. The Labute approximate surface area is 174 Å². The van der Waals surface area contributed by atoms with Gasteiger partial charge >= 0.3 is 0 Å². The van der Waals surface area contributed by atoms with E-state index in [1.54, 1.807) is 20.4 Å². The molecule has 0 spiro atoms. The molecule has 0 amide bonds. The van der Waals surface area contributed by atoms with Crippen molar-refractivity contribution in [3.63, 3.8) is 0 Å². The molecule has 29 heavy (non-hydrogen) atoms. The molecular weight excluding hydrogens is 368 g/mol. The van der Waals surface area contributed by atoms with Crippen LogP contribution in [0.3, 0.4) is 0 Å². The maximum atomic E-state index is 5.84. The Hall–Kier alpha value is -2.70. The van der Waals surface area contributed by atoms with Gasteiger partial charge in [-0.05, 0) is 31.0 Å². The lowest BCUT2D eigenvalue weighted by molar-refractivity contribution is 0.354. The molecule has 0 saturated heterocycles. The average Bonchev–Trinajstić information content (AvgIpc) is 3.18. The number of nitrogens with one attached hydrogen (secondary N) is 1. The minimum atomic E-state index is -0.0598. The molecule has 0 atom stereocenters. The average molecular weight is 403 g/mol. The van der Waals surface area contributed by atoms with Crippen molar-refractivity contribution < 1.29 is 13.9 Å². The van der Waals surface area contributed by atoms with Gasteiger partial charge in [0.1, 0.15) is 12.3 Å². The first-order chi connectivity index (χ1) is 13.8. The maximum Gasteiger partial charge on any atom is 0.216 e. The molecule has 0 aliphatic rings. The lowest BCUT2D eigenvalue weighted by Crippen LogP contribution is -2.40. The highest BCUT2D eigenvalue weighted by Gasteiger charge is 2.19. The highest BCUT2D eigenvalue weighted by molar-refractivity contribution is 5.79. The van der Waals surface area contributed by atoms with E-state index in [4.69, 9.17) is 13.9 Å². The van der Waals surface area contributed by atoms with Crippen LogP contribution in [0.25, 0.3) is 0 Å². The first kappa shape index (κ1) is 22.6. The molecule has 1 heterocycles. The fourth-order valence-corrected chi connectivity index (χ4v) is 2.78. The van der Waals surface area contributed by atoms with Gasteiger partial charge in [0.25, 0.3) is 0 Å². The molecule has 1 aromatic carbocycles. The number of methoxy groups -OCH3 is 2. The topological polar surface area (TPSA) is 72.1 Å². The molecule has 2 rings (SSSR count). The van der Waals surface area contributed by atoms with Crippen molar-refractivity contribution in [3.05, 3.63) is 41.6 Å². The molecule has 1 aromatic heterocycles. The summed E-state index contributed by atoms with van der Waals surface area (Å²) in [6.45, 7) is 10.4. The number of benzene rings is 1. The second kappa shape index (κ2) is 10.2. The van der Waals surface area contributed by atoms with E-state index in [2.05, 4.69) is 54.0 Å². The number of hydrogen-bond donors (Lipinski definition) is 1. The first-order valence-electron chi connectivity index (χ1n) is 9.94. The minimum Gasteiger partial charge on any atom is -0.493 e. The second-order valence-electron chi connectivity index (χ2n) is 7.90. The molecule has 0 fully saturated rings. The van der Waals surface area contributed by atoms with Gasteiger partial charge in [0.2, 0.25) is 5.89 Å². The molecule has 7 nitrogen and oxygen atoms in total. The van der Waals surface area contributed by atoms with E-state index in [1.807, 2.05) is 19.2 Å². The molecule has 0 saturated carbocycles. The van der Waals surface area contributed by atoms with Crippen molar-refractivity contribution in [2.45, 2.75) is 46.1 Å². The number of nitrogens with zero attached hydrogens (tertiary/aromatic N) is 3. The predicted molar refractivity (Wildman–Crippen MR) is 116 cm³/mol. The summed E-state index contributed by atoms with van der Waals surface area (Å²) >= 11 is 0. The van der Waals surface area contributed by atoms with Gasteiger partial charge in [0, 0.05) is 25.6 Å². The molecule has 0 aliphatic carbocycles. The van der Waals surface area contributed by atoms with Gasteiger partial charge in [-0.3, -0.25) is 0 Å². The summed E-state index contributed by atoms with van der Waals surface area (Å²) in [6, 6.07) is 6.00. The molecule has 0 unspecified atom stereocenters. The summed E-state index contributed by atoms with van der Waals surface area (Å²) in [5, 5.41) is 3.33. The van der Waals surface area contributed by atoms with E-state index in [0.717, 1.165) is 42.7 Å². The van der Waals surface area contributed by atoms with Gasteiger partial charge in [-0.1, -0.05) is 26.8 Å². The zero-order valence-corrected chi connectivity index (χ0v) is 18.7. The van der Waals surface area contributed by atoms with Crippen molar-refractivity contribution in [2.75, 3.05) is 34.4 Å². The zero-order valence-electron chi connectivity index (χ0n) is 18.7. The number of likely N-dealkylation sites (N-methyl/N-ethyl adjacent to an activating group) is 1. The fraction of sp³-hybridized carbons (Fsp3) is 0.545. The van der Waals surface area contributed by atoms with E-state index in [-0.39, 0.29) is 5.41 Å². The summed E-state index contributed by atoms with van der Waals surface area (Å²) < 4.78 is 16.5. The Morgan fingerprint density at radius 2 is 1.93 bits per heavy atom. The predicted octanol–water partition coefficient (Wildman–Crippen LogP) is 3.63. The standard InChI is InChI=1S/C22H34N4O3/c1-8-23-21(25-15-20-24-14-19(29-20)22(2,3)4)26(5)12-11-16-9-10-17(27-6)18(13-16)28-7/h9-10,13-14H,8,11-12,15H2,1-7H3,(H,23,25). The number of aromatic nitrogens is 1. The third-order valence-electron chi connectivity index (χ3n) is 4.54.